The molecule has 1 aromatic heterocycles. The van der Waals surface area contributed by atoms with Gasteiger partial charge >= 0.3 is 0 Å². The van der Waals surface area contributed by atoms with Crippen molar-refractivity contribution in [3.63, 3.8) is 0 Å². The van der Waals surface area contributed by atoms with Crippen LogP contribution in [0.25, 0.3) is 0 Å². The summed E-state index contributed by atoms with van der Waals surface area (Å²) in [5.74, 6) is -0.0436. The largest absolute Gasteiger partial charge is 0.347 e. The molecule has 1 aliphatic heterocycles. The molecule has 5 nitrogen and oxygen atoms in total. The summed E-state index contributed by atoms with van der Waals surface area (Å²) >= 11 is 1.14. The summed E-state index contributed by atoms with van der Waals surface area (Å²) in [5, 5.41) is 6.70. The van der Waals surface area contributed by atoms with Crippen LogP contribution >= 0.6 is 11.5 Å². The van der Waals surface area contributed by atoms with Gasteiger partial charge in [-0.2, -0.15) is 0 Å². The molecule has 0 aromatic carbocycles. The van der Waals surface area contributed by atoms with Gasteiger partial charge in [0.15, 0.2) is 0 Å². The highest BCUT2D eigenvalue weighted by atomic mass is 32.1. The second kappa shape index (κ2) is 5.36. The highest BCUT2D eigenvalue weighted by molar-refractivity contribution is 7.07. The van der Waals surface area contributed by atoms with Crippen LogP contribution in [0.4, 0.5) is 0 Å². The van der Waals surface area contributed by atoms with E-state index in [4.69, 9.17) is 0 Å². The zero-order valence-electron chi connectivity index (χ0n) is 9.35. The van der Waals surface area contributed by atoms with Crippen LogP contribution in [-0.2, 0) is 0 Å². The summed E-state index contributed by atoms with van der Waals surface area (Å²) in [5.41, 5.74) is 0. The molecule has 0 aliphatic carbocycles. The molecule has 1 saturated heterocycles. The van der Waals surface area contributed by atoms with Crippen LogP contribution in [0, 0.1) is 0 Å². The molecular weight excluding hydrogens is 224 g/mol. The highest BCUT2D eigenvalue weighted by Crippen LogP contribution is 2.11. The Balaban J connectivity index is 1.87. The van der Waals surface area contributed by atoms with E-state index < -0.39 is 0 Å². The van der Waals surface area contributed by atoms with Gasteiger partial charge in [-0.25, -0.2) is 0 Å². The van der Waals surface area contributed by atoms with Crippen molar-refractivity contribution in [2.45, 2.75) is 25.8 Å². The third kappa shape index (κ3) is 2.76. The van der Waals surface area contributed by atoms with Gasteiger partial charge in [0.2, 0.25) is 0 Å². The minimum atomic E-state index is -0.0436. The fourth-order valence-corrected chi connectivity index (χ4v) is 2.40. The molecule has 1 aromatic rings. The van der Waals surface area contributed by atoms with Crippen LogP contribution in [0.3, 0.4) is 0 Å². The lowest BCUT2D eigenvalue weighted by Gasteiger charge is -2.32. The minimum Gasteiger partial charge on any atom is -0.347 e. The molecule has 1 aliphatic rings. The molecule has 16 heavy (non-hydrogen) atoms. The highest BCUT2D eigenvalue weighted by Gasteiger charge is 2.21. The lowest BCUT2D eigenvalue weighted by Crippen LogP contribution is -2.47. The molecule has 2 rings (SSSR count). The van der Waals surface area contributed by atoms with E-state index in [0.29, 0.717) is 4.88 Å². The number of likely N-dealkylation sites (tertiary alicyclic amines) is 1. The number of nitrogens with zero attached hydrogens (tertiary/aromatic N) is 3. The molecular formula is C10H16N4OS. The number of nitrogens with one attached hydrogen (secondary N) is 1. The Morgan fingerprint density at radius 2 is 2.62 bits per heavy atom. The first-order chi connectivity index (χ1) is 7.79. The molecule has 0 spiro atoms. The number of piperidine rings is 1. The molecule has 1 amide bonds. The number of amides is 1. The van der Waals surface area contributed by atoms with Crippen LogP contribution in [-0.4, -0.2) is 46.1 Å². The smallest absolute Gasteiger partial charge is 0.264 e. The van der Waals surface area contributed by atoms with Gasteiger partial charge in [0.05, 0.1) is 6.20 Å². The van der Waals surface area contributed by atoms with E-state index in [9.17, 15) is 4.79 Å². The molecule has 0 bridgehead atoms. The number of aromatic nitrogens is 2. The zero-order chi connectivity index (χ0) is 11.4. The number of likely N-dealkylation sites (N-methyl/N-ethyl adjacent to an activating group) is 1. The number of rotatable bonds is 3. The van der Waals surface area contributed by atoms with Crippen LogP contribution in [0.15, 0.2) is 6.20 Å². The van der Waals surface area contributed by atoms with Gasteiger partial charge in [-0.05, 0) is 37.5 Å². The molecule has 88 valence electrons. The van der Waals surface area contributed by atoms with Crippen LogP contribution < -0.4 is 5.32 Å². The van der Waals surface area contributed by atoms with Gasteiger partial charge in [-0.15, -0.1) is 5.10 Å². The van der Waals surface area contributed by atoms with Crippen molar-refractivity contribution in [3.8, 4) is 0 Å². The lowest BCUT2D eigenvalue weighted by molar-refractivity contribution is 0.0910. The first-order valence-corrected chi connectivity index (χ1v) is 6.37. The van der Waals surface area contributed by atoms with E-state index in [1.165, 1.54) is 6.20 Å². The standard InChI is InChI=1S/C10H16N4OS/c1-2-14-5-3-4-8(7-14)12-10(15)9-6-11-13-16-9/h6,8H,2-5,7H2,1H3,(H,12,15). The predicted molar refractivity (Wildman–Crippen MR) is 62.5 cm³/mol. The molecule has 0 radical (unpaired) electrons. The number of hydrogen-bond acceptors (Lipinski definition) is 5. The lowest BCUT2D eigenvalue weighted by atomic mass is 10.1. The topological polar surface area (TPSA) is 58.1 Å². The van der Waals surface area contributed by atoms with E-state index >= 15 is 0 Å². The fourth-order valence-electron chi connectivity index (χ4n) is 1.98. The van der Waals surface area contributed by atoms with Gasteiger partial charge in [-0.1, -0.05) is 11.4 Å². The van der Waals surface area contributed by atoms with E-state index in [2.05, 4.69) is 26.7 Å². The SMILES string of the molecule is CCN1CCCC(NC(=O)c2cnns2)C1. The summed E-state index contributed by atoms with van der Waals surface area (Å²) < 4.78 is 3.69. The van der Waals surface area contributed by atoms with Gasteiger partial charge in [0.1, 0.15) is 4.88 Å². The van der Waals surface area contributed by atoms with Gasteiger partial charge in [0.25, 0.3) is 5.91 Å². The summed E-state index contributed by atoms with van der Waals surface area (Å²) in [6, 6.07) is 0.267. The fraction of sp³-hybridized carbons (Fsp3) is 0.700. The van der Waals surface area contributed by atoms with E-state index in [-0.39, 0.29) is 11.9 Å². The molecule has 1 N–H and O–H groups in total. The maximum absolute atomic E-state index is 11.8. The van der Waals surface area contributed by atoms with Crippen molar-refractivity contribution < 1.29 is 4.79 Å². The van der Waals surface area contributed by atoms with Crippen molar-refractivity contribution in [1.82, 2.24) is 19.8 Å². The number of hydrogen-bond donors (Lipinski definition) is 1. The van der Waals surface area contributed by atoms with E-state index in [1.54, 1.807) is 0 Å². The Morgan fingerprint density at radius 3 is 3.31 bits per heavy atom. The van der Waals surface area contributed by atoms with Crippen LogP contribution in [0.5, 0.6) is 0 Å². The quantitative estimate of drug-likeness (QED) is 0.847. The molecule has 0 saturated carbocycles. The Kier molecular flexibility index (Phi) is 3.84. The summed E-state index contributed by atoms with van der Waals surface area (Å²) in [6.07, 6.45) is 3.73. The predicted octanol–water partition coefficient (Wildman–Crippen LogP) is 0.752. The summed E-state index contributed by atoms with van der Waals surface area (Å²) in [4.78, 5) is 14.7. The first-order valence-electron chi connectivity index (χ1n) is 5.60. The maximum Gasteiger partial charge on any atom is 0.264 e. The number of carbonyl (C=O) groups is 1. The van der Waals surface area contributed by atoms with E-state index in [1.807, 2.05) is 0 Å². The van der Waals surface area contributed by atoms with Crippen molar-refractivity contribution >= 4 is 17.4 Å². The Bertz CT molecular complexity index is 341. The Hall–Kier alpha value is -1.01. The second-order valence-corrected chi connectivity index (χ2v) is 4.77. The van der Waals surface area contributed by atoms with Crippen LogP contribution in [0.2, 0.25) is 0 Å². The van der Waals surface area contributed by atoms with Crippen molar-refractivity contribution in [2.75, 3.05) is 19.6 Å². The van der Waals surface area contributed by atoms with Gasteiger partial charge in [0, 0.05) is 12.6 Å². The Morgan fingerprint density at radius 1 is 1.75 bits per heavy atom. The molecule has 1 atom stereocenters. The summed E-state index contributed by atoms with van der Waals surface area (Å²) in [6.45, 7) is 5.30. The zero-order valence-corrected chi connectivity index (χ0v) is 10.2. The monoisotopic (exact) mass is 240 g/mol. The normalized spacial score (nSPS) is 21.9. The van der Waals surface area contributed by atoms with Gasteiger partial charge < -0.3 is 10.2 Å². The average Bonchev–Trinajstić information content (AvgIpc) is 2.83. The second-order valence-electron chi connectivity index (χ2n) is 3.99. The van der Waals surface area contributed by atoms with Gasteiger partial charge in [-0.3, -0.25) is 4.79 Å². The Labute approximate surface area is 99.0 Å². The third-order valence-electron chi connectivity index (χ3n) is 2.87. The molecule has 1 fully saturated rings. The molecule has 1 unspecified atom stereocenters. The summed E-state index contributed by atoms with van der Waals surface area (Å²) in [7, 11) is 0. The van der Waals surface area contributed by atoms with Crippen molar-refractivity contribution in [1.29, 1.82) is 0 Å². The third-order valence-corrected chi connectivity index (χ3v) is 3.54. The molecule has 6 heteroatoms. The average molecular weight is 240 g/mol. The number of carbonyl (C=O) groups excluding carboxylic acids is 1. The first kappa shape index (κ1) is 11.5. The minimum absolute atomic E-state index is 0.0436. The van der Waals surface area contributed by atoms with Crippen molar-refractivity contribution in [2.24, 2.45) is 0 Å². The molecule has 2 heterocycles. The van der Waals surface area contributed by atoms with Crippen molar-refractivity contribution in [3.05, 3.63) is 11.1 Å². The van der Waals surface area contributed by atoms with Crippen LogP contribution in [0.1, 0.15) is 29.4 Å². The van der Waals surface area contributed by atoms with E-state index in [0.717, 1.165) is 44.0 Å². The maximum atomic E-state index is 11.8.